The summed E-state index contributed by atoms with van der Waals surface area (Å²) in [5, 5.41) is 3.63. The van der Waals surface area contributed by atoms with E-state index in [0.717, 1.165) is 17.0 Å². The average molecular weight is 294 g/mol. The van der Waals surface area contributed by atoms with Gasteiger partial charge in [-0.3, -0.25) is 0 Å². The van der Waals surface area contributed by atoms with E-state index in [1.54, 1.807) is 12.1 Å². The quantitative estimate of drug-likeness (QED) is 0.855. The molecule has 2 aromatic carbocycles. The molecular weight excluding hydrogens is 277 g/mol. The minimum Gasteiger partial charge on any atom is -0.494 e. The molecule has 0 atom stereocenters. The van der Waals surface area contributed by atoms with Gasteiger partial charge in [0.25, 0.3) is 0 Å². The highest BCUT2D eigenvalue weighted by Gasteiger charge is 2.07. The molecule has 2 nitrogen and oxygen atoms in total. The molecule has 0 radical (unpaired) electrons. The van der Waals surface area contributed by atoms with Crippen LogP contribution >= 0.6 is 11.6 Å². The van der Waals surface area contributed by atoms with Crippen molar-refractivity contribution in [3.05, 3.63) is 58.4 Å². The van der Waals surface area contributed by atoms with E-state index in [2.05, 4.69) is 5.32 Å². The van der Waals surface area contributed by atoms with Gasteiger partial charge < -0.3 is 10.1 Å². The normalized spacial score (nSPS) is 10.4. The van der Waals surface area contributed by atoms with Crippen LogP contribution in [0.15, 0.2) is 36.4 Å². The molecule has 0 aromatic heterocycles. The molecule has 1 N–H and O–H groups in total. The first kappa shape index (κ1) is 14.7. The van der Waals surface area contributed by atoms with Crippen LogP contribution in [0.25, 0.3) is 0 Å². The van der Waals surface area contributed by atoms with Gasteiger partial charge in [-0.05, 0) is 49.7 Å². The third-order valence-electron chi connectivity index (χ3n) is 3.03. The lowest BCUT2D eigenvalue weighted by molar-refractivity contribution is 0.340. The smallest absolute Gasteiger partial charge is 0.129 e. The van der Waals surface area contributed by atoms with E-state index in [1.165, 1.54) is 6.07 Å². The summed E-state index contributed by atoms with van der Waals surface area (Å²) in [6.07, 6.45) is 0. The van der Waals surface area contributed by atoms with E-state index in [4.69, 9.17) is 16.3 Å². The Balaban J connectivity index is 2.11. The lowest BCUT2D eigenvalue weighted by atomic mass is 10.1. The van der Waals surface area contributed by atoms with Gasteiger partial charge in [-0.25, -0.2) is 4.39 Å². The Hall–Kier alpha value is -1.74. The first-order chi connectivity index (χ1) is 9.61. The van der Waals surface area contributed by atoms with Crippen molar-refractivity contribution in [1.82, 2.24) is 0 Å². The number of benzene rings is 2. The van der Waals surface area contributed by atoms with Crippen molar-refractivity contribution in [3.63, 3.8) is 0 Å². The van der Waals surface area contributed by atoms with Gasteiger partial charge in [-0.15, -0.1) is 0 Å². The summed E-state index contributed by atoms with van der Waals surface area (Å²) in [5.74, 6) is 0.535. The zero-order valence-corrected chi connectivity index (χ0v) is 12.3. The first-order valence-corrected chi connectivity index (χ1v) is 6.89. The molecule has 0 amide bonds. The van der Waals surface area contributed by atoms with E-state index in [1.807, 2.05) is 32.0 Å². The van der Waals surface area contributed by atoms with Crippen LogP contribution in [0.4, 0.5) is 10.1 Å². The standard InChI is InChI=1S/C16H17ClFNO/c1-3-20-12-7-8-16(11(2)9-12)19-10-13-14(17)5-4-6-15(13)18/h4-9,19H,3,10H2,1-2H3. The van der Waals surface area contributed by atoms with Crippen molar-refractivity contribution in [2.45, 2.75) is 20.4 Å². The number of aryl methyl sites for hydroxylation is 1. The largest absolute Gasteiger partial charge is 0.494 e. The molecule has 2 aromatic rings. The maximum atomic E-state index is 13.7. The topological polar surface area (TPSA) is 21.3 Å². The second-order valence-corrected chi connectivity index (χ2v) is 4.87. The van der Waals surface area contributed by atoms with Gasteiger partial charge in [0.2, 0.25) is 0 Å². The molecule has 106 valence electrons. The summed E-state index contributed by atoms with van der Waals surface area (Å²) in [6, 6.07) is 10.5. The summed E-state index contributed by atoms with van der Waals surface area (Å²) in [7, 11) is 0. The van der Waals surface area contributed by atoms with Crippen LogP contribution in [0.1, 0.15) is 18.1 Å². The number of anilines is 1. The Morgan fingerprint density at radius 3 is 2.70 bits per heavy atom. The summed E-state index contributed by atoms with van der Waals surface area (Å²) in [5.41, 5.74) is 2.46. The molecule has 2 rings (SSSR count). The molecule has 0 heterocycles. The molecule has 0 unspecified atom stereocenters. The molecule has 0 spiro atoms. The summed E-state index contributed by atoms with van der Waals surface area (Å²) >= 11 is 6.00. The fourth-order valence-electron chi connectivity index (χ4n) is 1.98. The molecular formula is C16H17ClFNO. The van der Waals surface area contributed by atoms with Gasteiger partial charge in [0.15, 0.2) is 0 Å². The highest BCUT2D eigenvalue weighted by molar-refractivity contribution is 6.31. The Labute approximate surface area is 123 Å². The molecule has 0 aliphatic heterocycles. The van der Waals surface area contributed by atoms with E-state index < -0.39 is 0 Å². The maximum absolute atomic E-state index is 13.7. The number of nitrogens with one attached hydrogen (secondary N) is 1. The van der Waals surface area contributed by atoms with Gasteiger partial charge >= 0.3 is 0 Å². The van der Waals surface area contributed by atoms with Gasteiger partial charge in [-0.2, -0.15) is 0 Å². The van der Waals surface area contributed by atoms with Crippen molar-refractivity contribution in [3.8, 4) is 5.75 Å². The first-order valence-electron chi connectivity index (χ1n) is 6.52. The summed E-state index contributed by atoms with van der Waals surface area (Å²) < 4.78 is 19.1. The number of rotatable bonds is 5. The van der Waals surface area contributed by atoms with Gasteiger partial charge in [0.1, 0.15) is 11.6 Å². The van der Waals surface area contributed by atoms with Gasteiger partial charge in [-0.1, -0.05) is 17.7 Å². The molecule has 0 fully saturated rings. The predicted molar refractivity (Wildman–Crippen MR) is 81.1 cm³/mol. The van der Waals surface area contributed by atoms with Crippen molar-refractivity contribution < 1.29 is 9.13 Å². The zero-order chi connectivity index (χ0) is 14.5. The molecule has 20 heavy (non-hydrogen) atoms. The lowest BCUT2D eigenvalue weighted by Gasteiger charge is -2.13. The average Bonchev–Trinajstić information content (AvgIpc) is 2.40. The van der Waals surface area contributed by atoms with Gasteiger partial charge in [0, 0.05) is 22.8 Å². The predicted octanol–water partition coefficient (Wildman–Crippen LogP) is 4.80. The number of hydrogen-bond acceptors (Lipinski definition) is 2. The van der Waals surface area contributed by atoms with Crippen molar-refractivity contribution in [2.24, 2.45) is 0 Å². The number of hydrogen-bond donors (Lipinski definition) is 1. The maximum Gasteiger partial charge on any atom is 0.129 e. The van der Waals surface area contributed by atoms with Crippen molar-refractivity contribution in [1.29, 1.82) is 0 Å². The molecule has 0 saturated heterocycles. The minimum absolute atomic E-state index is 0.298. The van der Waals surface area contributed by atoms with E-state index >= 15 is 0 Å². The van der Waals surface area contributed by atoms with Crippen LogP contribution in [-0.2, 0) is 6.54 Å². The number of halogens is 2. The molecule has 0 saturated carbocycles. The van der Waals surface area contributed by atoms with Gasteiger partial charge in [0.05, 0.1) is 6.61 Å². The second-order valence-electron chi connectivity index (χ2n) is 4.46. The highest BCUT2D eigenvalue weighted by atomic mass is 35.5. The van der Waals surface area contributed by atoms with Crippen molar-refractivity contribution >= 4 is 17.3 Å². The van der Waals surface area contributed by atoms with Crippen LogP contribution in [0.5, 0.6) is 5.75 Å². The van der Waals surface area contributed by atoms with Crippen LogP contribution < -0.4 is 10.1 Å². The van der Waals surface area contributed by atoms with E-state index in [-0.39, 0.29) is 5.82 Å². The molecule has 0 aliphatic carbocycles. The highest BCUT2D eigenvalue weighted by Crippen LogP contribution is 2.24. The third-order valence-corrected chi connectivity index (χ3v) is 3.38. The Kier molecular flexibility index (Phi) is 4.85. The van der Waals surface area contributed by atoms with E-state index in [9.17, 15) is 4.39 Å². The molecule has 4 heteroatoms. The fraction of sp³-hybridized carbons (Fsp3) is 0.250. The zero-order valence-electron chi connectivity index (χ0n) is 11.5. The molecule has 0 bridgehead atoms. The monoisotopic (exact) mass is 293 g/mol. The second kappa shape index (κ2) is 6.62. The Morgan fingerprint density at radius 1 is 1.25 bits per heavy atom. The van der Waals surface area contributed by atoms with Crippen LogP contribution in [0.2, 0.25) is 5.02 Å². The molecule has 0 aliphatic rings. The Morgan fingerprint density at radius 2 is 2.05 bits per heavy atom. The fourth-order valence-corrected chi connectivity index (χ4v) is 2.21. The van der Waals surface area contributed by atoms with Crippen LogP contribution in [0, 0.1) is 12.7 Å². The van der Waals surface area contributed by atoms with Crippen LogP contribution in [-0.4, -0.2) is 6.61 Å². The Bertz CT molecular complexity index is 581. The summed E-state index contributed by atoms with van der Waals surface area (Å²) in [6.45, 7) is 4.91. The third kappa shape index (κ3) is 3.42. The summed E-state index contributed by atoms with van der Waals surface area (Å²) in [4.78, 5) is 0. The van der Waals surface area contributed by atoms with E-state index in [0.29, 0.717) is 23.7 Å². The lowest BCUT2D eigenvalue weighted by Crippen LogP contribution is -2.04. The van der Waals surface area contributed by atoms with Crippen molar-refractivity contribution in [2.75, 3.05) is 11.9 Å². The van der Waals surface area contributed by atoms with Crippen LogP contribution in [0.3, 0.4) is 0 Å². The SMILES string of the molecule is CCOc1ccc(NCc2c(F)cccc2Cl)c(C)c1. The minimum atomic E-state index is -0.298. The number of ether oxygens (including phenoxy) is 1.